The number of anilines is 1. The Morgan fingerprint density at radius 3 is 2.69 bits per heavy atom. The van der Waals surface area contributed by atoms with E-state index in [-0.39, 0.29) is 6.61 Å². The number of hydrogen-bond acceptors (Lipinski definition) is 7. The van der Waals surface area contributed by atoms with Crippen molar-refractivity contribution < 1.29 is 14.3 Å². The second-order valence-corrected chi connectivity index (χ2v) is 6.23. The number of carbonyl (C=O) groups excluding carboxylic acids is 2. The first-order chi connectivity index (χ1) is 12.5. The number of benzene rings is 1. The van der Waals surface area contributed by atoms with Gasteiger partial charge < -0.3 is 14.6 Å². The van der Waals surface area contributed by atoms with Crippen LogP contribution in [0.3, 0.4) is 0 Å². The molecule has 0 aliphatic carbocycles. The van der Waals surface area contributed by atoms with Gasteiger partial charge in [0.1, 0.15) is 11.6 Å². The van der Waals surface area contributed by atoms with Crippen LogP contribution in [0.25, 0.3) is 0 Å². The standard InChI is InChI=1S/C16H20N6O3S/c1-4-25-14(23)13(26-16-21-17-10-22(16)3)11(2)19-20-15(24)18-12-8-6-5-7-9-12/h5-10,13H,4H2,1-3H3,(H2,18,20,24)/b19-11-. The summed E-state index contributed by atoms with van der Waals surface area (Å²) in [7, 11) is 1.77. The summed E-state index contributed by atoms with van der Waals surface area (Å²) in [6.07, 6.45) is 1.53. The van der Waals surface area contributed by atoms with E-state index in [1.165, 1.54) is 6.33 Å². The highest BCUT2D eigenvalue weighted by Crippen LogP contribution is 2.22. The van der Waals surface area contributed by atoms with Crippen LogP contribution in [-0.4, -0.2) is 44.3 Å². The molecule has 10 heteroatoms. The Bertz CT molecular complexity index is 777. The molecule has 0 saturated carbocycles. The molecule has 26 heavy (non-hydrogen) atoms. The summed E-state index contributed by atoms with van der Waals surface area (Å²) >= 11 is 1.15. The normalized spacial score (nSPS) is 12.3. The Labute approximate surface area is 155 Å². The van der Waals surface area contributed by atoms with Gasteiger partial charge in [-0.1, -0.05) is 30.0 Å². The lowest BCUT2D eigenvalue weighted by Crippen LogP contribution is -2.32. The SMILES string of the molecule is CCOC(=O)C(Sc1nncn1C)/C(C)=N\NC(=O)Nc1ccccc1. The minimum atomic E-state index is -0.755. The first-order valence-electron chi connectivity index (χ1n) is 7.84. The monoisotopic (exact) mass is 376 g/mol. The predicted molar refractivity (Wildman–Crippen MR) is 99.0 cm³/mol. The van der Waals surface area contributed by atoms with Gasteiger partial charge in [0.05, 0.1) is 12.3 Å². The van der Waals surface area contributed by atoms with Crippen molar-refractivity contribution >= 4 is 35.2 Å². The lowest BCUT2D eigenvalue weighted by Gasteiger charge is -2.14. The van der Waals surface area contributed by atoms with E-state index >= 15 is 0 Å². The minimum Gasteiger partial charge on any atom is -0.465 e. The van der Waals surface area contributed by atoms with E-state index in [1.807, 2.05) is 6.07 Å². The Balaban J connectivity index is 2.05. The third-order valence-corrected chi connectivity index (χ3v) is 4.49. The Morgan fingerprint density at radius 2 is 2.08 bits per heavy atom. The van der Waals surface area contributed by atoms with Crippen molar-refractivity contribution in [3.8, 4) is 0 Å². The van der Waals surface area contributed by atoms with E-state index in [9.17, 15) is 9.59 Å². The molecule has 0 spiro atoms. The van der Waals surface area contributed by atoms with Crippen LogP contribution in [0, 0.1) is 0 Å². The fourth-order valence-corrected chi connectivity index (χ4v) is 2.79. The topological polar surface area (TPSA) is 110 Å². The van der Waals surface area contributed by atoms with E-state index in [0.29, 0.717) is 16.6 Å². The number of aryl methyl sites for hydroxylation is 1. The lowest BCUT2D eigenvalue weighted by molar-refractivity contribution is -0.141. The largest absolute Gasteiger partial charge is 0.465 e. The van der Waals surface area contributed by atoms with Crippen LogP contribution < -0.4 is 10.7 Å². The lowest BCUT2D eigenvalue weighted by atomic mass is 10.3. The first kappa shape index (κ1) is 19.4. The van der Waals surface area contributed by atoms with Crippen molar-refractivity contribution in [2.75, 3.05) is 11.9 Å². The van der Waals surface area contributed by atoms with Gasteiger partial charge in [-0.25, -0.2) is 10.2 Å². The van der Waals surface area contributed by atoms with Gasteiger partial charge in [0.15, 0.2) is 5.16 Å². The van der Waals surface area contributed by atoms with Crippen LogP contribution in [0.4, 0.5) is 10.5 Å². The molecule has 2 aromatic rings. The molecule has 1 unspecified atom stereocenters. The summed E-state index contributed by atoms with van der Waals surface area (Å²) in [6, 6.07) is 8.45. The molecule has 0 saturated heterocycles. The Hall–Kier alpha value is -2.88. The van der Waals surface area contributed by atoms with Crippen molar-refractivity contribution in [1.82, 2.24) is 20.2 Å². The van der Waals surface area contributed by atoms with E-state index in [1.54, 1.807) is 49.7 Å². The molecule has 1 aromatic carbocycles. The summed E-state index contributed by atoms with van der Waals surface area (Å²) < 4.78 is 6.77. The van der Waals surface area contributed by atoms with Gasteiger partial charge in [-0.15, -0.1) is 10.2 Å². The number of hydrazone groups is 1. The number of thioether (sulfide) groups is 1. The number of esters is 1. The summed E-state index contributed by atoms with van der Waals surface area (Å²) in [5.41, 5.74) is 3.38. The van der Waals surface area contributed by atoms with Gasteiger partial charge in [0.2, 0.25) is 0 Å². The molecule has 138 valence electrons. The minimum absolute atomic E-state index is 0.240. The Morgan fingerprint density at radius 1 is 1.35 bits per heavy atom. The molecule has 1 heterocycles. The molecular formula is C16H20N6O3S. The molecule has 2 N–H and O–H groups in total. The number of rotatable bonds is 7. The number of urea groups is 1. The number of ether oxygens (including phenoxy) is 1. The average Bonchev–Trinajstić information content (AvgIpc) is 3.03. The highest BCUT2D eigenvalue weighted by molar-refractivity contribution is 8.01. The van der Waals surface area contributed by atoms with Crippen LogP contribution in [0.5, 0.6) is 0 Å². The smallest absolute Gasteiger partial charge is 0.339 e. The van der Waals surface area contributed by atoms with Crippen LogP contribution in [0.2, 0.25) is 0 Å². The summed E-state index contributed by atoms with van der Waals surface area (Å²) in [5.74, 6) is -0.466. The zero-order valence-corrected chi connectivity index (χ0v) is 15.5. The first-order valence-corrected chi connectivity index (χ1v) is 8.72. The molecule has 2 rings (SSSR count). The van der Waals surface area contributed by atoms with Gasteiger partial charge in [0, 0.05) is 12.7 Å². The van der Waals surface area contributed by atoms with Crippen molar-refractivity contribution in [3.05, 3.63) is 36.7 Å². The molecule has 0 aliphatic rings. The average molecular weight is 376 g/mol. The third-order valence-electron chi connectivity index (χ3n) is 3.14. The second kappa shape index (κ2) is 9.56. The number of hydrogen-bond donors (Lipinski definition) is 2. The van der Waals surface area contributed by atoms with Crippen LogP contribution >= 0.6 is 11.8 Å². The van der Waals surface area contributed by atoms with Crippen molar-refractivity contribution in [3.63, 3.8) is 0 Å². The van der Waals surface area contributed by atoms with E-state index in [4.69, 9.17) is 4.74 Å². The summed E-state index contributed by atoms with van der Waals surface area (Å²) in [4.78, 5) is 24.2. The molecule has 1 aromatic heterocycles. The van der Waals surface area contributed by atoms with Gasteiger partial charge >= 0.3 is 12.0 Å². The highest BCUT2D eigenvalue weighted by atomic mass is 32.2. The van der Waals surface area contributed by atoms with Crippen LogP contribution in [0.1, 0.15) is 13.8 Å². The molecule has 0 fully saturated rings. The number of amides is 2. The van der Waals surface area contributed by atoms with Crippen molar-refractivity contribution in [2.24, 2.45) is 12.1 Å². The Kier molecular flexibility index (Phi) is 7.15. The number of carbonyl (C=O) groups is 2. The van der Waals surface area contributed by atoms with Gasteiger partial charge in [0.25, 0.3) is 0 Å². The third kappa shape index (κ3) is 5.59. The highest BCUT2D eigenvalue weighted by Gasteiger charge is 2.27. The van der Waals surface area contributed by atoms with Gasteiger partial charge in [-0.3, -0.25) is 4.79 Å². The van der Waals surface area contributed by atoms with Crippen LogP contribution in [-0.2, 0) is 16.6 Å². The number of nitrogens with zero attached hydrogens (tertiary/aromatic N) is 4. The summed E-state index contributed by atoms with van der Waals surface area (Å²) in [5, 5.41) is 14.2. The van der Waals surface area contributed by atoms with Gasteiger partial charge in [-0.05, 0) is 26.0 Å². The fourth-order valence-electron chi connectivity index (χ4n) is 1.88. The number of nitrogens with one attached hydrogen (secondary N) is 2. The summed E-state index contributed by atoms with van der Waals surface area (Å²) in [6.45, 7) is 3.59. The zero-order valence-electron chi connectivity index (χ0n) is 14.7. The van der Waals surface area contributed by atoms with Crippen molar-refractivity contribution in [2.45, 2.75) is 24.3 Å². The maximum atomic E-state index is 12.2. The van der Waals surface area contributed by atoms with Crippen LogP contribution in [0.15, 0.2) is 46.9 Å². The molecule has 0 aliphatic heterocycles. The van der Waals surface area contributed by atoms with Crippen molar-refractivity contribution in [1.29, 1.82) is 0 Å². The maximum absolute atomic E-state index is 12.2. The second-order valence-electron chi connectivity index (χ2n) is 5.16. The fraction of sp³-hybridized carbons (Fsp3) is 0.312. The van der Waals surface area contributed by atoms with E-state index in [2.05, 4.69) is 26.0 Å². The molecule has 2 amide bonds. The maximum Gasteiger partial charge on any atom is 0.339 e. The molecule has 1 atom stereocenters. The number of aromatic nitrogens is 3. The molecule has 0 bridgehead atoms. The van der Waals surface area contributed by atoms with E-state index < -0.39 is 17.3 Å². The molecule has 0 radical (unpaired) electrons. The van der Waals surface area contributed by atoms with Gasteiger partial charge in [-0.2, -0.15) is 5.10 Å². The molecular weight excluding hydrogens is 356 g/mol. The zero-order chi connectivity index (χ0) is 18.9. The van der Waals surface area contributed by atoms with E-state index in [0.717, 1.165) is 11.8 Å². The molecule has 9 nitrogen and oxygen atoms in total. The predicted octanol–water partition coefficient (Wildman–Crippen LogP) is 2.04. The number of para-hydroxylation sites is 1. The quantitative estimate of drug-likeness (QED) is 0.331.